The number of nitro groups is 1. The number of hydrogen-bond acceptors (Lipinski definition) is 5. The van der Waals surface area contributed by atoms with Crippen LogP contribution in [-0.4, -0.2) is 35.3 Å². The Morgan fingerprint density at radius 2 is 2.31 bits per heavy atom. The van der Waals surface area contributed by atoms with Gasteiger partial charge in [0, 0.05) is 4.92 Å². The molecule has 0 aromatic carbocycles. The van der Waals surface area contributed by atoms with E-state index in [1.165, 1.54) is 0 Å². The molecule has 0 aromatic rings. The highest BCUT2D eigenvalue weighted by Gasteiger charge is 2.21. The van der Waals surface area contributed by atoms with E-state index in [1.54, 1.807) is 0 Å². The first kappa shape index (κ1) is 11.8. The average Bonchev–Trinajstić information content (AvgIpc) is 2.03. The first-order valence-electron chi connectivity index (χ1n) is 4.04. The molecule has 76 valence electrons. The zero-order valence-electron chi connectivity index (χ0n) is 7.43. The van der Waals surface area contributed by atoms with E-state index in [1.807, 2.05) is 6.92 Å². The molecular formula is C7H13NO5. The molecule has 1 atom stereocenters. The number of rotatable bonds is 6. The fourth-order valence-corrected chi connectivity index (χ4v) is 0.629. The molecule has 0 fully saturated rings. The number of aliphatic hydroxyl groups is 1. The summed E-state index contributed by atoms with van der Waals surface area (Å²) in [6, 6.07) is 0. The minimum Gasteiger partial charge on any atom is -0.464 e. The van der Waals surface area contributed by atoms with Crippen molar-refractivity contribution in [1.29, 1.82) is 0 Å². The van der Waals surface area contributed by atoms with E-state index in [2.05, 4.69) is 4.74 Å². The van der Waals surface area contributed by atoms with Crippen LogP contribution in [0.15, 0.2) is 0 Å². The van der Waals surface area contributed by atoms with Gasteiger partial charge in [0.05, 0.1) is 6.61 Å². The molecule has 6 nitrogen and oxygen atoms in total. The van der Waals surface area contributed by atoms with Gasteiger partial charge in [0.25, 0.3) is 0 Å². The highest BCUT2D eigenvalue weighted by atomic mass is 16.6. The standard InChI is InChI=1S/C7H13NO5/c1-2-3-4-13-7(10)6(9)5-8(11)12/h6,9H,2-5H2,1H3/t6-/m1/s1. The fraction of sp³-hybridized carbons (Fsp3) is 0.857. The molecule has 0 amide bonds. The molecular weight excluding hydrogens is 178 g/mol. The van der Waals surface area contributed by atoms with Gasteiger partial charge in [0.1, 0.15) is 0 Å². The van der Waals surface area contributed by atoms with E-state index in [0.717, 1.165) is 6.42 Å². The summed E-state index contributed by atoms with van der Waals surface area (Å²) < 4.78 is 4.55. The first-order valence-corrected chi connectivity index (χ1v) is 4.04. The quantitative estimate of drug-likeness (QED) is 0.275. The van der Waals surface area contributed by atoms with Gasteiger partial charge in [-0.15, -0.1) is 0 Å². The second-order valence-electron chi connectivity index (χ2n) is 2.55. The van der Waals surface area contributed by atoms with Crippen LogP contribution in [0.1, 0.15) is 19.8 Å². The average molecular weight is 191 g/mol. The Kier molecular flexibility index (Phi) is 5.79. The highest BCUT2D eigenvalue weighted by Crippen LogP contribution is 1.93. The summed E-state index contributed by atoms with van der Waals surface area (Å²) in [7, 11) is 0. The van der Waals surface area contributed by atoms with Crippen molar-refractivity contribution < 1.29 is 19.6 Å². The lowest BCUT2D eigenvalue weighted by Crippen LogP contribution is -2.30. The molecule has 0 aliphatic rings. The van der Waals surface area contributed by atoms with Gasteiger partial charge in [-0.3, -0.25) is 10.1 Å². The molecule has 1 N–H and O–H groups in total. The number of nitrogens with zero attached hydrogens (tertiary/aromatic N) is 1. The lowest BCUT2D eigenvalue weighted by Gasteiger charge is -2.05. The van der Waals surface area contributed by atoms with Crippen LogP contribution < -0.4 is 0 Å². The van der Waals surface area contributed by atoms with Crippen LogP contribution in [-0.2, 0) is 9.53 Å². The number of unbranched alkanes of at least 4 members (excludes halogenated alkanes) is 1. The first-order chi connectivity index (χ1) is 6.07. The Balaban J connectivity index is 3.63. The smallest absolute Gasteiger partial charge is 0.341 e. The van der Waals surface area contributed by atoms with Crippen LogP contribution in [0.2, 0.25) is 0 Å². The van der Waals surface area contributed by atoms with Crippen LogP contribution in [0.3, 0.4) is 0 Å². The molecule has 0 aliphatic heterocycles. The van der Waals surface area contributed by atoms with Crippen LogP contribution in [0, 0.1) is 10.1 Å². The monoisotopic (exact) mass is 191 g/mol. The molecule has 13 heavy (non-hydrogen) atoms. The maximum Gasteiger partial charge on any atom is 0.341 e. The van der Waals surface area contributed by atoms with Crippen molar-refractivity contribution in [3.8, 4) is 0 Å². The number of hydrogen-bond donors (Lipinski definition) is 1. The van der Waals surface area contributed by atoms with E-state index in [-0.39, 0.29) is 6.61 Å². The largest absolute Gasteiger partial charge is 0.464 e. The predicted octanol–water partition coefficient (Wildman–Crippen LogP) is -0.0327. The molecule has 0 spiro atoms. The van der Waals surface area contributed by atoms with Crippen LogP contribution in [0.4, 0.5) is 0 Å². The zero-order valence-corrected chi connectivity index (χ0v) is 7.43. The SMILES string of the molecule is CCCCOC(=O)[C@H](O)C[N+](=O)[O-]. The maximum absolute atomic E-state index is 10.8. The predicted molar refractivity (Wildman–Crippen MR) is 43.7 cm³/mol. The number of aliphatic hydroxyl groups excluding tert-OH is 1. The van der Waals surface area contributed by atoms with E-state index in [9.17, 15) is 14.9 Å². The summed E-state index contributed by atoms with van der Waals surface area (Å²) in [5, 5.41) is 18.8. The van der Waals surface area contributed by atoms with Crippen molar-refractivity contribution in [3.05, 3.63) is 10.1 Å². The van der Waals surface area contributed by atoms with Crippen molar-refractivity contribution >= 4 is 5.97 Å². The van der Waals surface area contributed by atoms with Gasteiger partial charge in [0.15, 0.2) is 0 Å². The molecule has 0 heterocycles. The molecule has 0 aliphatic carbocycles. The zero-order chi connectivity index (χ0) is 10.3. The Labute approximate surface area is 75.7 Å². The van der Waals surface area contributed by atoms with E-state index >= 15 is 0 Å². The Morgan fingerprint density at radius 3 is 2.77 bits per heavy atom. The summed E-state index contributed by atoms with van der Waals surface area (Å²) >= 11 is 0. The third kappa shape index (κ3) is 6.03. The van der Waals surface area contributed by atoms with Crippen molar-refractivity contribution in [1.82, 2.24) is 0 Å². The van der Waals surface area contributed by atoms with Gasteiger partial charge < -0.3 is 9.84 Å². The Morgan fingerprint density at radius 1 is 1.69 bits per heavy atom. The lowest BCUT2D eigenvalue weighted by atomic mass is 10.3. The molecule has 0 aromatic heterocycles. The normalized spacial score (nSPS) is 12.2. The van der Waals surface area contributed by atoms with Crippen molar-refractivity contribution in [2.45, 2.75) is 25.9 Å². The third-order valence-electron chi connectivity index (χ3n) is 1.34. The summed E-state index contributed by atoms with van der Waals surface area (Å²) in [4.78, 5) is 19.9. The summed E-state index contributed by atoms with van der Waals surface area (Å²) in [5.74, 6) is -0.926. The van der Waals surface area contributed by atoms with Gasteiger partial charge in [-0.2, -0.15) is 0 Å². The molecule has 0 unspecified atom stereocenters. The van der Waals surface area contributed by atoms with Crippen LogP contribution in [0.25, 0.3) is 0 Å². The number of ether oxygens (including phenoxy) is 1. The number of carbonyl (C=O) groups excluding carboxylic acids is 1. The van der Waals surface area contributed by atoms with Crippen LogP contribution in [0.5, 0.6) is 0 Å². The van der Waals surface area contributed by atoms with Gasteiger partial charge in [-0.05, 0) is 6.42 Å². The topological polar surface area (TPSA) is 89.7 Å². The summed E-state index contributed by atoms with van der Waals surface area (Å²) in [6.07, 6.45) is -0.0953. The minimum atomic E-state index is -1.65. The Hall–Kier alpha value is -1.17. The third-order valence-corrected chi connectivity index (χ3v) is 1.34. The van der Waals surface area contributed by atoms with Gasteiger partial charge in [-0.25, -0.2) is 4.79 Å². The van der Waals surface area contributed by atoms with Crippen molar-refractivity contribution in [3.63, 3.8) is 0 Å². The summed E-state index contributed by atoms with van der Waals surface area (Å²) in [5.41, 5.74) is 0. The Bertz CT molecular complexity index is 182. The number of esters is 1. The van der Waals surface area contributed by atoms with Gasteiger partial charge >= 0.3 is 5.97 Å². The summed E-state index contributed by atoms with van der Waals surface area (Å²) in [6.45, 7) is 1.32. The minimum absolute atomic E-state index is 0.199. The van der Waals surface area contributed by atoms with E-state index < -0.39 is 23.5 Å². The maximum atomic E-state index is 10.8. The second kappa shape index (κ2) is 6.36. The highest BCUT2D eigenvalue weighted by molar-refractivity contribution is 5.74. The molecule has 0 saturated heterocycles. The second-order valence-corrected chi connectivity index (χ2v) is 2.55. The molecule has 0 rings (SSSR count). The lowest BCUT2D eigenvalue weighted by molar-refractivity contribution is -0.488. The number of carbonyl (C=O) groups is 1. The molecule has 6 heteroatoms. The van der Waals surface area contributed by atoms with Gasteiger partial charge in [0.2, 0.25) is 12.6 Å². The molecule has 0 saturated carbocycles. The molecule has 0 bridgehead atoms. The molecule has 0 radical (unpaired) electrons. The van der Waals surface area contributed by atoms with E-state index in [0.29, 0.717) is 6.42 Å². The van der Waals surface area contributed by atoms with Gasteiger partial charge in [-0.1, -0.05) is 13.3 Å². The van der Waals surface area contributed by atoms with Crippen molar-refractivity contribution in [2.24, 2.45) is 0 Å². The van der Waals surface area contributed by atoms with Crippen molar-refractivity contribution in [2.75, 3.05) is 13.2 Å². The van der Waals surface area contributed by atoms with E-state index in [4.69, 9.17) is 5.11 Å². The van der Waals surface area contributed by atoms with Crippen LogP contribution >= 0.6 is 0 Å². The fourth-order valence-electron chi connectivity index (χ4n) is 0.629.